The van der Waals surface area contributed by atoms with E-state index >= 15 is 0 Å². The maximum atomic E-state index is 10.6. The average Bonchev–Trinajstić information content (AvgIpc) is 2.91. The Kier molecular flexibility index (Phi) is 6.70. The molecule has 0 aromatic heterocycles. The summed E-state index contributed by atoms with van der Waals surface area (Å²) in [6.07, 6.45) is 2.14. The summed E-state index contributed by atoms with van der Waals surface area (Å²) in [5.41, 5.74) is 6.54. The second kappa shape index (κ2) is 8.04. The first-order chi connectivity index (χ1) is 9.19. The van der Waals surface area contributed by atoms with Gasteiger partial charge in [0, 0.05) is 31.2 Å². The molecule has 1 fully saturated rings. The Hall–Kier alpha value is -1.23. The van der Waals surface area contributed by atoms with Crippen LogP contribution in [0.1, 0.15) is 22.3 Å². The SMILES string of the molecule is CN.CN(C)C1CCN(Cc2ccc(C=O)cc2)C1. The summed E-state index contributed by atoms with van der Waals surface area (Å²) in [6.45, 7) is 3.30. The molecule has 1 heterocycles. The highest BCUT2D eigenvalue weighted by atomic mass is 16.1. The number of nitrogens with zero attached hydrogens (tertiary/aromatic N) is 2. The van der Waals surface area contributed by atoms with Gasteiger partial charge in [0.1, 0.15) is 6.29 Å². The fourth-order valence-electron chi connectivity index (χ4n) is 2.34. The lowest BCUT2D eigenvalue weighted by molar-refractivity contribution is 0.112. The van der Waals surface area contributed by atoms with E-state index < -0.39 is 0 Å². The molecule has 1 atom stereocenters. The molecule has 0 aliphatic carbocycles. The average molecular weight is 263 g/mol. The van der Waals surface area contributed by atoms with Crippen LogP contribution in [0.3, 0.4) is 0 Å². The van der Waals surface area contributed by atoms with Crippen LogP contribution in [0.4, 0.5) is 0 Å². The van der Waals surface area contributed by atoms with Gasteiger partial charge in [-0.25, -0.2) is 0 Å². The van der Waals surface area contributed by atoms with Gasteiger partial charge < -0.3 is 10.6 Å². The number of carbonyl (C=O) groups is 1. The highest BCUT2D eigenvalue weighted by Crippen LogP contribution is 2.16. The van der Waals surface area contributed by atoms with E-state index in [1.54, 1.807) is 0 Å². The normalized spacial score (nSPS) is 19.1. The van der Waals surface area contributed by atoms with Crippen molar-refractivity contribution in [2.45, 2.75) is 19.0 Å². The fraction of sp³-hybridized carbons (Fsp3) is 0.533. The topological polar surface area (TPSA) is 49.6 Å². The second-order valence-corrected chi connectivity index (χ2v) is 5.00. The number of carbonyl (C=O) groups excluding carboxylic acids is 1. The molecule has 0 saturated carbocycles. The smallest absolute Gasteiger partial charge is 0.150 e. The van der Waals surface area contributed by atoms with Crippen molar-refractivity contribution in [3.63, 3.8) is 0 Å². The molecule has 4 heteroatoms. The zero-order chi connectivity index (χ0) is 14.3. The summed E-state index contributed by atoms with van der Waals surface area (Å²) in [4.78, 5) is 15.3. The molecule has 2 N–H and O–H groups in total. The van der Waals surface area contributed by atoms with Gasteiger partial charge in [-0.05, 0) is 33.1 Å². The van der Waals surface area contributed by atoms with Gasteiger partial charge in [-0.2, -0.15) is 0 Å². The van der Waals surface area contributed by atoms with Gasteiger partial charge >= 0.3 is 0 Å². The highest BCUT2D eigenvalue weighted by molar-refractivity contribution is 5.74. The van der Waals surface area contributed by atoms with Gasteiger partial charge in [0.25, 0.3) is 0 Å². The maximum Gasteiger partial charge on any atom is 0.150 e. The molecule has 4 nitrogen and oxygen atoms in total. The van der Waals surface area contributed by atoms with Crippen molar-refractivity contribution in [1.82, 2.24) is 9.80 Å². The molecule has 0 bridgehead atoms. The van der Waals surface area contributed by atoms with Crippen LogP contribution in [0.2, 0.25) is 0 Å². The van der Waals surface area contributed by atoms with E-state index in [0.29, 0.717) is 6.04 Å². The van der Waals surface area contributed by atoms with Crippen LogP contribution in [0.25, 0.3) is 0 Å². The van der Waals surface area contributed by atoms with Crippen LogP contribution >= 0.6 is 0 Å². The predicted octanol–water partition coefficient (Wildman–Crippen LogP) is 1.21. The molecule has 1 aliphatic rings. The first-order valence-corrected chi connectivity index (χ1v) is 6.69. The van der Waals surface area contributed by atoms with E-state index in [1.165, 1.54) is 19.0 Å². The van der Waals surface area contributed by atoms with E-state index in [2.05, 4.69) is 29.6 Å². The first-order valence-electron chi connectivity index (χ1n) is 6.69. The van der Waals surface area contributed by atoms with Crippen LogP contribution in [0.5, 0.6) is 0 Å². The predicted molar refractivity (Wildman–Crippen MR) is 79.3 cm³/mol. The summed E-state index contributed by atoms with van der Waals surface area (Å²) in [5, 5.41) is 0. The molecule has 19 heavy (non-hydrogen) atoms. The molecule has 0 amide bonds. The second-order valence-electron chi connectivity index (χ2n) is 5.00. The third-order valence-corrected chi connectivity index (χ3v) is 3.50. The number of nitrogens with two attached hydrogens (primary N) is 1. The number of hydrogen-bond acceptors (Lipinski definition) is 4. The minimum absolute atomic E-state index is 0.684. The van der Waals surface area contributed by atoms with E-state index in [0.717, 1.165) is 31.5 Å². The number of likely N-dealkylation sites (N-methyl/N-ethyl adjacent to an activating group) is 1. The number of likely N-dealkylation sites (tertiary alicyclic amines) is 1. The van der Waals surface area contributed by atoms with Crippen LogP contribution in [-0.4, -0.2) is 56.4 Å². The fourth-order valence-corrected chi connectivity index (χ4v) is 2.34. The van der Waals surface area contributed by atoms with Gasteiger partial charge in [-0.15, -0.1) is 0 Å². The van der Waals surface area contributed by atoms with Crippen LogP contribution in [0, 0.1) is 0 Å². The molecule has 1 aliphatic heterocycles. The quantitative estimate of drug-likeness (QED) is 0.830. The van der Waals surface area contributed by atoms with Crippen LogP contribution < -0.4 is 5.73 Å². The Labute approximate surface area is 116 Å². The van der Waals surface area contributed by atoms with Crippen molar-refractivity contribution in [2.75, 3.05) is 34.2 Å². The third-order valence-electron chi connectivity index (χ3n) is 3.50. The number of benzene rings is 1. The van der Waals surface area contributed by atoms with Crippen LogP contribution in [0.15, 0.2) is 24.3 Å². The van der Waals surface area contributed by atoms with Crippen molar-refractivity contribution in [3.05, 3.63) is 35.4 Å². The van der Waals surface area contributed by atoms with Crippen LogP contribution in [-0.2, 0) is 6.54 Å². The van der Waals surface area contributed by atoms with Crippen molar-refractivity contribution in [1.29, 1.82) is 0 Å². The Bertz CT molecular complexity index is 375. The molecule has 1 saturated heterocycles. The van der Waals surface area contributed by atoms with Gasteiger partial charge in [0.15, 0.2) is 0 Å². The maximum absolute atomic E-state index is 10.6. The molecule has 0 spiro atoms. The summed E-state index contributed by atoms with van der Waals surface area (Å²) < 4.78 is 0. The molecule has 1 aromatic carbocycles. The van der Waals surface area contributed by atoms with Gasteiger partial charge in [-0.1, -0.05) is 24.3 Å². The van der Waals surface area contributed by atoms with Crippen molar-refractivity contribution < 1.29 is 4.79 Å². The molecular weight excluding hydrogens is 238 g/mol. The Morgan fingerprint density at radius 3 is 2.42 bits per heavy atom. The van der Waals surface area contributed by atoms with Gasteiger partial charge in [0.05, 0.1) is 0 Å². The lowest BCUT2D eigenvalue weighted by Gasteiger charge is -2.20. The lowest BCUT2D eigenvalue weighted by Crippen LogP contribution is -2.31. The zero-order valence-corrected chi connectivity index (χ0v) is 12.2. The van der Waals surface area contributed by atoms with E-state index in [4.69, 9.17) is 0 Å². The van der Waals surface area contributed by atoms with Gasteiger partial charge in [0.2, 0.25) is 0 Å². The van der Waals surface area contributed by atoms with E-state index in [9.17, 15) is 4.79 Å². The first kappa shape index (κ1) is 15.8. The Morgan fingerprint density at radius 2 is 1.95 bits per heavy atom. The molecule has 0 radical (unpaired) electrons. The largest absolute Gasteiger partial charge is 0.333 e. The molecule has 1 aromatic rings. The molecule has 106 valence electrons. The Morgan fingerprint density at radius 1 is 1.32 bits per heavy atom. The number of rotatable bonds is 4. The monoisotopic (exact) mass is 263 g/mol. The molecule has 2 rings (SSSR count). The number of aldehydes is 1. The van der Waals surface area contributed by atoms with Crippen molar-refractivity contribution in [3.8, 4) is 0 Å². The van der Waals surface area contributed by atoms with E-state index in [1.807, 2.05) is 24.3 Å². The number of hydrogen-bond donors (Lipinski definition) is 1. The van der Waals surface area contributed by atoms with E-state index in [-0.39, 0.29) is 0 Å². The lowest BCUT2D eigenvalue weighted by atomic mass is 10.1. The van der Waals surface area contributed by atoms with Gasteiger partial charge in [-0.3, -0.25) is 9.69 Å². The Balaban J connectivity index is 0.000000861. The van der Waals surface area contributed by atoms with Crippen molar-refractivity contribution >= 4 is 6.29 Å². The molecular formula is C15H25N3O. The minimum atomic E-state index is 0.684. The highest BCUT2D eigenvalue weighted by Gasteiger charge is 2.23. The zero-order valence-electron chi connectivity index (χ0n) is 12.2. The summed E-state index contributed by atoms with van der Waals surface area (Å²) in [7, 11) is 5.79. The van der Waals surface area contributed by atoms with Crippen molar-refractivity contribution in [2.24, 2.45) is 5.73 Å². The molecule has 1 unspecified atom stereocenters. The standard InChI is InChI=1S/C14H20N2O.CH5N/c1-15(2)14-7-8-16(10-14)9-12-3-5-13(11-17)6-4-12;1-2/h3-6,11,14H,7-10H2,1-2H3;2H2,1H3. The summed E-state index contributed by atoms with van der Waals surface area (Å²) in [6, 6.07) is 8.56. The third kappa shape index (κ3) is 4.74. The minimum Gasteiger partial charge on any atom is -0.333 e. The summed E-state index contributed by atoms with van der Waals surface area (Å²) in [5.74, 6) is 0. The summed E-state index contributed by atoms with van der Waals surface area (Å²) >= 11 is 0.